The third-order valence-corrected chi connectivity index (χ3v) is 1.66. The Kier molecular flexibility index (Phi) is 2.18. The van der Waals surface area contributed by atoms with E-state index in [4.69, 9.17) is 4.74 Å². The van der Waals surface area contributed by atoms with E-state index in [-0.39, 0.29) is 5.41 Å². The molecule has 0 saturated heterocycles. The fourth-order valence-electron chi connectivity index (χ4n) is 0.888. The topological polar surface area (TPSA) is 41.8 Å². The smallest absolute Gasteiger partial charge is 0.213 e. The number of aliphatic imine (C=N–C) groups is 1. The largest absolute Gasteiger partial charge is 0.477 e. The van der Waals surface area contributed by atoms with Gasteiger partial charge in [0.2, 0.25) is 5.90 Å². The van der Waals surface area contributed by atoms with E-state index >= 15 is 0 Å². The van der Waals surface area contributed by atoms with E-state index in [0.717, 1.165) is 0 Å². The molecule has 1 unspecified atom stereocenters. The number of aliphatic hydroxyl groups excluding tert-OH is 1. The Bertz CT molecular complexity index is 169. The summed E-state index contributed by atoms with van der Waals surface area (Å²) < 4.78 is 5.14. The molecule has 0 radical (unpaired) electrons. The average Bonchev–Trinajstić information content (AvgIpc) is 2.34. The van der Waals surface area contributed by atoms with Gasteiger partial charge in [-0.3, -0.25) is 0 Å². The summed E-state index contributed by atoms with van der Waals surface area (Å²) in [5.74, 6) is 0.498. The van der Waals surface area contributed by atoms with Gasteiger partial charge in [-0.15, -0.1) is 0 Å². The van der Waals surface area contributed by atoms with Gasteiger partial charge < -0.3 is 9.84 Å². The van der Waals surface area contributed by atoms with Crippen LogP contribution in [-0.4, -0.2) is 30.3 Å². The molecule has 1 aliphatic rings. The first kappa shape index (κ1) is 8.53. The van der Waals surface area contributed by atoms with Gasteiger partial charge in [0.05, 0.1) is 6.54 Å². The third-order valence-electron chi connectivity index (χ3n) is 1.66. The standard InChI is InChI=1S/C8H15NO2/c1-8(2,3)6(10)7-9-4-5-11-7/h6,10H,4-5H2,1-3H3. The lowest BCUT2D eigenvalue weighted by molar-refractivity contribution is 0.0991. The maximum Gasteiger partial charge on any atom is 0.213 e. The second-order valence-electron chi connectivity index (χ2n) is 3.84. The fourth-order valence-corrected chi connectivity index (χ4v) is 0.888. The predicted molar refractivity (Wildman–Crippen MR) is 43.7 cm³/mol. The predicted octanol–water partition coefficient (Wildman–Crippen LogP) is 0.822. The molecule has 0 spiro atoms. The van der Waals surface area contributed by atoms with E-state index in [1.54, 1.807) is 0 Å². The van der Waals surface area contributed by atoms with Crippen LogP contribution in [0.4, 0.5) is 0 Å². The van der Waals surface area contributed by atoms with Crippen LogP contribution in [0.15, 0.2) is 4.99 Å². The van der Waals surface area contributed by atoms with Gasteiger partial charge in [0.15, 0.2) is 0 Å². The van der Waals surface area contributed by atoms with Crippen molar-refractivity contribution in [1.29, 1.82) is 0 Å². The van der Waals surface area contributed by atoms with Gasteiger partial charge in [-0.1, -0.05) is 20.8 Å². The van der Waals surface area contributed by atoms with Gasteiger partial charge in [-0.2, -0.15) is 0 Å². The minimum atomic E-state index is -0.565. The molecule has 11 heavy (non-hydrogen) atoms. The molecule has 1 N–H and O–H groups in total. The molecule has 1 heterocycles. The van der Waals surface area contributed by atoms with Crippen LogP contribution in [0.1, 0.15) is 20.8 Å². The van der Waals surface area contributed by atoms with Crippen molar-refractivity contribution >= 4 is 5.90 Å². The number of aliphatic hydroxyl groups is 1. The van der Waals surface area contributed by atoms with Crippen molar-refractivity contribution in [2.45, 2.75) is 26.9 Å². The van der Waals surface area contributed by atoms with Crippen LogP contribution in [0.5, 0.6) is 0 Å². The zero-order valence-electron chi connectivity index (χ0n) is 7.29. The van der Waals surface area contributed by atoms with Crippen LogP contribution >= 0.6 is 0 Å². The molecule has 0 bridgehead atoms. The van der Waals surface area contributed by atoms with E-state index in [1.807, 2.05) is 20.8 Å². The van der Waals surface area contributed by atoms with Crippen LogP contribution in [0.2, 0.25) is 0 Å². The number of rotatable bonds is 1. The Labute approximate surface area is 67.1 Å². The van der Waals surface area contributed by atoms with Gasteiger partial charge in [-0.05, 0) is 5.41 Å². The van der Waals surface area contributed by atoms with Crippen molar-refractivity contribution in [3.05, 3.63) is 0 Å². The summed E-state index contributed by atoms with van der Waals surface area (Å²) in [4.78, 5) is 4.05. The van der Waals surface area contributed by atoms with Crippen LogP contribution in [0.25, 0.3) is 0 Å². The highest BCUT2D eigenvalue weighted by atomic mass is 16.5. The minimum absolute atomic E-state index is 0.177. The number of ether oxygens (including phenoxy) is 1. The molecule has 0 saturated carbocycles. The molecular weight excluding hydrogens is 142 g/mol. The monoisotopic (exact) mass is 157 g/mol. The molecular formula is C8H15NO2. The fraction of sp³-hybridized carbons (Fsp3) is 0.875. The van der Waals surface area contributed by atoms with E-state index in [2.05, 4.69) is 4.99 Å². The SMILES string of the molecule is CC(C)(C)C(O)C1=NCCO1. The van der Waals surface area contributed by atoms with Crippen LogP contribution in [0, 0.1) is 5.41 Å². The Morgan fingerprint density at radius 3 is 2.55 bits per heavy atom. The van der Waals surface area contributed by atoms with Gasteiger partial charge in [0.1, 0.15) is 12.7 Å². The molecule has 0 aromatic carbocycles. The first-order valence-corrected chi connectivity index (χ1v) is 3.87. The molecule has 3 nitrogen and oxygen atoms in total. The summed E-state index contributed by atoms with van der Waals surface area (Å²) in [5.41, 5.74) is -0.177. The molecule has 0 aromatic heterocycles. The maximum atomic E-state index is 9.63. The van der Waals surface area contributed by atoms with E-state index in [1.165, 1.54) is 0 Å². The maximum absolute atomic E-state index is 9.63. The zero-order valence-corrected chi connectivity index (χ0v) is 7.29. The van der Waals surface area contributed by atoms with E-state index < -0.39 is 6.10 Å². The lowest BCUT2D eigenvalue weighted by Crippen LogP contribution is -2.34. The van der Waals surface area contributed by atoms with Gasteiger partial charge in [-0.25, -0.2) is 4.99 Å². The van der Waals surface area contributed by atoms with Crippen molar-refractivity contribution in [3.63, 3.8) is 0 Å². The Morgan fingerprint density at radius 2 is 2.18 bits per heavy atom. The average molecular weight is 157 g/mol. The minimum Gasteiger partial charge on any atom is -0.477 e. The van der Waals surface area contributed by atoms with Crippen molar-refractivity contribution in [2.75, 3.05) is 13.2 Å². The van der Waals surface area contributed by atoms with Gasteiger partial charge in [0, 0.05) is 0 Å². The number of hydrogen-bond donors (Lipinski definition) is 1. The number of hydrogen-bond acceptors (Lipinski definition) is 3. The van der Waals surface area contributed by atoms with E-state index in [9.17, 15) is 5.11 Å². The van der Waals surface area contributed by atoms with Gasteiger partial charge in [0.25, 0.3) is 0 Å². The summed E-state index contributed by atoms with van der Waals surface area (Å²) >= 11 is 0. The summed E-state index contributed by atoms with van der Waals surface area (Å²) in [5, 5.41) is 9.63. The molecule has 1 rings (SSSR count). The molecule has 0 aromatic rings. The van der Waals surface area contributed by atoms with Crippen molar-refractivity contribution in [3.8, 4) is 0 Å². The Morgan fingerprint density at radius 1 is 1.55 bits per heavy atom. The summed E-state index contributed by atoms with van der Waals surface area (Å²) in [6.45, 7) is 7.18. The van der Waals surface area contributed by atoms with E-state index in [0.29, 0.717) is 19.0 Å². The molecule has 0 aliphatic carbocycles. The molecule has 0 fully saturated rings. The second kappa shape index (κ2) is 2.81. The second-order valence-corrected chi connectivity index (χ2v) is 3.84. The Hall–Kier alpha value is -0.570. The molecule has 3 heteroatoms. The molecule has 0 amide bonds. The van der Waals surface area contributed by atoms with Crippen molar-refractivity contribution in [1.82, 2.24) is 0 Å². The van der Waals surface area contributed by atoms with Crippen LogP contribution < -0.4 is 0 Å². The normalized spacial score (nSPS) is 20.9. The zero-order chi connectivity index (χ0) is 8.48. The highest BCUT2D eigenvalue weighted by Crippen LogP contribution is 2.21. The summed E-state index contributed by atoms with van der Waals surface area (Å²) in [6, 6.07) is 0. The van der Waals surface area contributed by atoms with Crippen molar-refractivity contribution in [2.24, 2.45) is 10.4 Å². The number of nitrogens with zero attached hydrogens (tertiary/aromatic N) is 1. The Balaban J connectivity index is 2.60. The lowest BCUT2D eigenvalue weighted by Gasteiger charge is -2.24. The van der Waals surface area contributed by atoms with Crippen molar-refractivity contribution < 1.29 is 9.84 Å². The van der Waals surface area contributed by atoms with Crippen LogP contribution in [-0.2, 0) is 4.74 Å². The first-order valence-electron chi connectivity index (χ1n) is 3.87. The van der Waals surface area contributed by atoms with Crippen LogP contribution in [0.3, 0.4) is 0 Å². The highest BCUT2D eigenvalue weighted by Gasteiger charge is 2.29. The highest BCUT2D eigenvalue weighted by molar-refractivity contribution is 5.82. The molecule has 1 atom stereocenters. The quantitative estimate of drug-likeness (QED) is 0.612. The molecule has 1 aliphatic heterocycles. The van der Waals surface area contributed by atoms with Gasteiger partial charge >= 0.3 is 0 Å². The first-order chi connectivity index (χ1) is 5.02. The summed E-state index contributed by atoms with van der Waals surface area (Å²) in [7, 11) is 0. The molecule has 64 valence electrons. The lowest BCUT2D eigenvalue weighted by atomic mass is 9.89. The third kappa shape index (κ3) is 1.93. The summed E-state index contributed by atoms with van der Waals surface area (Å²) in [6.07, 6.45) is -0.565.